The number of hydrogen-bond acceptors (Lipinski definition) is 2. The normalized spacial score (nSPS) is 10.4. The highest BCUT2D eigenvalue weighted by Crippen LogP contribution is 2.27. The van der Waals surface area contributed by atoms with Crippen molar-refractivity contribution < 1.29 is 0 Å². The zero-order valence-electron chi connectivity index (χ0n) is 10.2. The molecule has 2 rings (SSSR count). The summed E-state index contributed by atoms with van der Waals surface area (Å²) in [7, 11) is 0. The summed E-state index contributed by atoms with van der Waals surface area (Å²) in [5, 5.41) is 3.34. The van der Waals surface area contributed by atoms with Gasteiger partial charge in [0, 0.05) is 11.9 Å². The topological polar surface area (TPSA) is 24.9 Å². The summed E-state index contributed by atoms with van der Waals surface area (Å²) >= 11 is 3.55. The first-order valence-electron chi connectivity index (χ1n) is 5.52. The van der Waals surface area contributed by atoms with Gasteiger partial charge in [-0.15, -0.1) is 0 Å². The molecule has 0 atom stereocenters. The Kier molecular flexibility index (Phi) is 3.48. The Morgan fingerprint density at radius 3 is 2.35 bits per heavy atom. The summed E-state index contributed by atoms with van der Waals surface area (Å²) in [6.07, 6.45) is 1.81. The smallest absolute Gasteiger partial charge is 0.144 e. The van der Waals surface area contributed by atoms with E-state index in [1.165, 1.54) is 16.7 Å². The molecule has 1 N–H and O–H groups in total. The Labute approximate surface area is 110 Å². The molecule has 3 heteroatoms. The van der Waals surface area contributed by atoms with E-state index in [1.807, 2.05) is 12.3 Å². The molecule has 88 valence electrons. The molecule has 17 heavy (non-hydrogen) atoms. The summed E-state index contributed by atoms with van der Waals surface area (Å²) < 4.78 is 1.01. The fourth-order valence-corrected chi connectivity index (χ4v) is 2.14. The fourth-order valence-electron chi connectivity index (χ4n) is 1.81. The van der Waals surface area contributed by atoms with Crippen molar-refractivity contribution in [3.63, 3.8) is 0 Å². The van der Waals surface area contributed by atoms with E-state index in [1.54, 1.807) is 0 Å². The van der Waals surface area contributed by atoms with Crippen LogP contribution in [0.4, 0.5) is 11.5 Å². The number of nitrogens with one attached hydrogen (secondary N) is 1. The Hall–Kier alpha value is -1.35. The van der Waals surface area contributed by atoms with Crippen LogP contribution in [-0.2, 0) is 0 Å². The Morgan fingerprint density at radius 1 is 1.06 bits per heavy atom. The van der Waals surface area contributed by atoms with Crippen LogP contribution in [0.25, 0.3) is 0 Å². The van der Waals surface area contributed by atoms with Crippen LogP contribution in [0.3, 0.4) is 0 Å². The molecule has 1 heterocycles. The van der Waals surface area contributed by atoms with Gasteiger partial charge in [0.05, 0.1) is 4.47 Å². The van der Waals surface area contributed by atoms with E-state index < -0.39 is 0 Å². The van der Waals surface area contributed by atoms with Gasteiger partial charge in [-0.1, -0.05) is 6.07 Å². The first kappa shape index (κ1) is 12.1. The summed E-state index contributed by atoms with van der Waals surface area (Å²) in [4.78, 5) is 4.34. The average Bonchev–Trinajstić information content (AvgIpc) is 2.23. The van der Waals surface area contributed by atoms with Gasteiger partial charge in [0.1, 0.15) is 5.82 Å². The van der Waals surface area contributed by atoms with Gasteiger partial charge in [0.2, 0.25) is 0 Å². The molecule has 0 saturated heterocycles. The third kappa shape index (κ3) is 2.86. The van der Waals surface area contributed by atoms with Crippen LogP contribution < -0.4 is 5.32 Å². The van der Waals surface area contributed by atoms with Crippen molar-refractivity contribution in [1.82, 2.24) is 4.98 Å². The first-order valence-corrected chi connectivity index (χ1v) is 6.32. The van der Waals surface area contributed by atoms with Crippen molar-refractivity contribution in [2.24, 2.45) is 0 Å². The number of benzene rings is 1. The molecule has 0 radical (unpaired) electrons. The highest BCUT2D eigenvalue weighted by Gasteiger charge is 2.04. The predicted octanol–water partition coefficient (Wildman–Crippen LogP) is 4.51. The molecule has 1 aromatic heterocycles. The van der Waals surface area contributed by atoms with Gasteiger partial charge in [-0.3, -0.25) is 0 Å². The highest BCUT2D eigenvalue weighted by atomic mass is 79.9. The molecule has 2 nitrogen and oxygen atoms in total. The minimum Gasteiger partial charge on any atom is -0.339 e. The number of hydrogen-bond donors (Lipinski definition) is 1. The van der Waals surface area contributed by atoms with Gasteiger partial charge in [-0.2, -0.15) is 0 Å². The lowest BCUT2D eigenvalue weighted by atomic mass is 10.1. The second-order valence-electron chi connectivity index (χ2n) is 4.29. The van der Waals surface area contributed by atoms with E-state index in [-0.39, 0.29) is 0 Å². The Balaban J connectivity index is 2.34. The molecule has 0 aliphatic carbocycles. The first-order chi connectivity index (χ1) is 8.06. The molecule has 1 aromatic carbocycles. The fraction of sp³-hybridized carbons (Fsp3) is 0.214. The number of nitrogens with zero attached hydrogens (tertiary/aromatic N) is 1. The van der Waals surface area contributed by atoms with E-state index in [4.69, 9.17) is 0 Å². The van der Waals surface area contributed by atoms with Crippen LogP contribution in [0.2, 0.25) is 0 Å². The lowest BCUT2D eigenvalue weighted by Gasteiger charge is -2.10. The van der Waals surface area contributed by atoms with Crippen molar-refractivity contribution in [2.45, 2.75) is 20.8 Å². The number of rotatable bonds is 2. The van der Waals surface area contributed by atoms with Crippen LogP contribution in [0.5, 0.6) is 0 Å². The summed E-state index contributed by atoms with van der Waals surface area (Å²) in [6, 6.07) is 8.37. The molecule has 0 aliphatic heterocycles. The standard InChI is InChI=1S/C14H15BrN2/c1-9-6-10(2)8-12(7-9)17-14-13(15)11(3)4-5-16-14/h4-8H,1-3H3,(H,16,17). The zero-order chi connectivity index (χ0) is 12.4. The van der Waals surface area contributed by atoms with Gasteiger partial charge in [0.25, 0.3) is 0 Å². The summed E-state index contributed by atoms with van der Waals surface area (Å²) in [6.45, 7) is 6.24. The lowest BCUT2D eigenvalue weighted by molar-refractivity contribution is 1.24. The monoisotopic (exact) mass is 290 g/mol. The van der Waals surface area contributed by atoms with Crippen LogP contribution in [0, 0.1) is 20.8 Å². The van der Waals surface area contributed by atoms with Crippen LogP contribution in [0.15, 0.2) is 34.9 Å². The van der Waals surface area contributed by atoms with Crippen LogP contribution >= 0.6 is 15.9 Å². The molecule has 0 unspecified atom stereocenters. The van der Waals surface area contributed by atoms with Crippen LogP contribution in [0.1, 0.15) is 16.7 Å². The van der Waals surface area contributed by atoms with Gasteiger partial charge in [0.15, 0.2) is 0 Å². The van der Waals surface area contributed by atoms with E-state index in [0.29, 0.717) is 0 Å². The number of anilines is 2. The van der Waals surface area contributed by atoms with Crippen molar-refractivity contribution >= 4 is 27.4 Å². The maximum absolute atomic E-state index is 4.34. The number of halogens is 1. The van der Waals surface area contributed by atoms with E-state index in [9.17, 15) is 0 Å². The molecular formula is C14H15BrN2. The van der Waals surface area contributed by atoms with Crippen LogP contribution in [-0.4, -0.2) is 4.98 Å². The maximum atomic E-state index is 4.34. The largest absolute Gasteiger partial charge is 0.339 e. The van der Waals surface area contributed by atoms with Crippen molar-refractivity contribution in [3.8, 4) is 0 Å². The third-order valence-corrected chi connectivity index (χ3v) is 3.57. The van der Waals surface area contributed by atoms with Gasteiger partial charge < -0.3 is 5.32 Å². The maximum Gasteiger partial charge on any atom is 0.144 e. The van der Waals surface area contributed by atoms with Gasteiger partial charge >= 0.3 is 0 Å². The second kappa shape index (κ2) is 4.88. The number of pyridine rings is 1. The number of aromatic nitrogens is 1. The van der Waals surface area contributed by atoms with E-state index in [0.717, 1.165) is 16.0 Å². The van der Waals surface area contributed by atoms with Gasteiger partial charge in [-0.05, 0) is 71.6 Å². The van der Waals surface area contributed by atoms with E-state index in [2.05, 4.69) is 65.2 Å². The Bertz CT molecular complexity index is 530. The minimum absolute atomic E-state index is 0.856. The van der Waals surface area contributed by atoms with Crippen molar-refractivity contribution in [3.05, 3.63) is 51.6 Å². The summed E-state index contributed by atoms with van der Waals surface area (Å²) in [5.74, 6) is 0.856. The predicted molar refractivity (Wildman–Crippen MR) is 75.9 cm³/mol. The molecule has 2 aromatic rings. The van der Waals surface area contributed by atoms with E-state index >= 15 is 0 Å². The molecule has 0 bridgehead atoms. The van der Waals surface area contributed by atoms with Gasteiger partial charge in [-0.25, -0.2) is 4.98 Å². The summed E-state index contributed by atoms with van der Waals surface area (Å²) in [5.41, 5.74) is 4.74. The third-order valence-electron chi connectivity index (χ3n) is 2.57. The molecule has 0 amide bonds. The molecule has 0 spiro atoms. The highest BCUT2D eigenvalue weighted by molar-refractivity contribution is 9.10. The Morgan fingerprint density at radius 2 is 1.71 bits per heavy atom. The second-order valence-corrected chi connectivity index (χ2v) is 5.08. The lowest BCUT2D eigenvalue weighted by Crippen LogP contribution is -1.96. The molecule has 0 saturated carbocycles. The molecule has 0 aliphatic rings. The molecule has 0 fully saturated rings. The zero-order valence-corrected chi connectivity index (χ0v) is 11.8. The van der Waals surface area contributed by atoms with Crippen molar-refractivity contribution in [1.29, 1.82) is 0 Å². The molecular weight excluding hydrogens is 276 g/mol. The minimum atomic E-state index is 0.856. The number of aryl methyl sites for hydroxylation is 3. The quantitative estimate of drug-likeness (QED) is 0.880. The average molecular weight is 291 g/mol. The van der Waals surface area contributed by atoms with Crippen molar-refractivity contribution in [2.75, 3.05) is 5.32 Å². The SMILES string of the molecule is Cc1cc(C)cc(Nc2nccc(C)c2Br)c1.